The molecule has 0 N–H and O–H groups in total. The van der Waals surface area contributed by atoms with Crippen LogP contribution in [-0.4, -0.2) is 23.2 Å². The monoisotopic (exact) mass is 378 g/mol. The molecule has 0 fully saturated rings. The van der Waals surface area contributed by atoms with Crippen molar-refractivity contribution in [3.8, 4) is 5.75 Å². The highest BCUT2D eigenvalue weighted by Crippen LogP contribution is 2.38. The molecule has 0 aromatic heterocycles. The Hall–Kier alpha value is -0.830. The topological polar surface area (TPSA) is 26.3 Å². The molecule has 0 aliphatic heterocycles. The van der Waals surface area contributed by atoms with E-state index in [0.29, 0.717) is 0 Å². The van der Waals surface area contributed by atoms with E-state index in [1.54, 1.807) is 0 Å². The number of rotatable bonds is 6. The van der Waals surface area contributed by atoms with Crippen LogP contribution < -0.4 is 4.74 Å². The van der Waals surface area contributed by atoms with Gasteiger partial charge in [-0.3, -0.25) is 4.79 Å². The summed E-state index contributed by atoms with van der Waals surface area (Å²) in [5.41, 5.74) is -4.51. The first kappa shape index (κ1) is 17.2. The molecule has 0 radical (unpaired) electrons. The van der Waals surface area contributed by atoms with E-state index in [1.165, 1.54) is 0 Å². The zero-order valence-corrected chi connectivity index (χ0v) is 12.1. The van der Waals surface area contributed by atoms with Crippen LogP contribution in [0, 0.1) is 0 Å². The summed E-state index contributed by atoms with van der Waals surface area (Å²) in [5, 5.41) is -0.0300. The Morgan fingerprint density at radius 3 is 2.50 bits per heavy atom. The number of carbonyl (C=O) groups excluding carboxylic acids is 1. The molecular formula is C11H8BrF5O2S. The van der Waals surface area contributed by atoms with Gasteiger partial charge in [0, 0.05) is 16.9 Å². The molecule has 0 aliphatic rings. The van der Waals surface area contributed by atoms with Crippen molar-refractivity contribution in [2.45, 2.75) is 23.4 Å². The average Bonchev–Trinajstić information content (AvgIpc) is 2.29. The molecule has 1 aromatic carbocycles. The van der Waals surface area contributed by atoms with Crippen LogP contribution in [0.1, 0.15) is 5.56 Å². The van der Waals surface area contributed by atoms with Gasteiger partial charge >= 0.3 is 12.1 Å². The van der Waals surface area contributed by atoms with Crippen molar-refractivity contribution in [3.05, 3.63) is 23.8 Å². The van der Waals surface area contributed by atoms with E-state index >= 15 is 0 Å². The smallest absolute Gasteiger partial charge is 0.435 e. The van der Waals surface area contributed by atoms with Gasteiger partial charge in [-0.25, -0.2) is 0 Å². The summed E-state index contributed by atoms with van der Waals surface area (Å²) in [6.45, 7) is -3.12. The summed E-state index contributed by atoms with van der Waals surface area (Å²) in [7, 11) is 0. The van der Waals surface area contributed by atoms with Gasteiger partial charge in [0.05, 0.1) is 5.33 Å². The molecule has 9 heteroatoms. The zero-order valence-electron chi connectivity index (χ0n) is 9.72. The summed E-state index contributed by atoms with van der Waals surface area (Å²) in [5.74, 6) is -0.668. The molecule has 0 saturated heterocycles. The Labute approximate surface area is 123 Å². The van der Waals surface area contributed by atoms with Gasteiger partial charge in [0.1, 0.15) is 11.5 Å². The standard InChI is InChI=1S/C11H8BrF5O2S/c12-5-7(18)3-6-4-8(20-11(15,16)17)1-2-9(6)19-10(13)14/h1-2,4,10H,3,5H2. The Bertz CT molecular complexity index is 478. The molecule has 0 amide bonds. The summed E-state index contributed by atoms with van der Waals surface area (Å²) >= 11 is 2.50. The highest BCUT2D eigenvalue weighted by Gasteiger charge is 2.29. The fraction of sp³-hybridized carbons (Fsp3) is 0.364. The Morgan fingerprint density at radius 2 is 2.00 bits per heavy atom. The van der Waals surface area contributed by atoms with Crippen LogP contribution in [0.4, 0.5) is 22.0 Å². The van der Waals surface area contributed by atoms with E-state index < -0.39 is 12.1 Å². The lowest BCUT2D eigenvalue weighted by Gasteiger charge is -2.12. The Morgan fingerprint density at radius 1 is 1.35 bits per heavy atom. The lowest BCUT2D eigenvalue weighted by molar-refractivity contribution is -0.116. The quantitative estimate of drug-likeness (QED) is 0.416. The number of ether oxygens (including phenoxy) is 1. The van der Waals surface area contributed by atoms with Gasteiger partial charge in [-0.05, 0) is 30.0 Å². The van der Waals surface area contributed by atoms with Crippen LogP contribution in [-0.2, 0) is 11.2 Å². The van der Waals surface area contributed by atoms with Crippen LogP contribution >= 0.6 is 27.7 Å². The first-order chi connectivity index (χ1) is 9.21. The number of halogens is 6. The number of benzene rings is 1. The summed E-state index contributed by atoms with van der Waals surface area (Å²) in [6, 6.07) is 3.03. The normalized spacial score (nSPS) is 11.8. The van der Waals surface area contributed by atoms with Crippen molar-refractivity contribution >= 4 is 33.5 Å². The van der Waals surface area contributed by atoms with Gasteiger partial charge in [-0.2, -0.15) is 22.0 Å². The number of hydrogen-bond donors (Lipinski definition) is 0. The zero-order chi connectivity index (χ0) is 15.3. The van der Waals surface area contributed by atoms with Gasteiger partial charge in [0.15, 0.2) is 0 Å². The second-order valence-electron chi connectivity index (χ2n) is 3.54. The van der Waals surface area contributed by atoms with Crippen molar-refractivity contribution in [1.29, 1.82) is 0 Å². The average molecular weight is 379 g/mol. The maximum absolute atomic E-state index is 12.2. The summed E-state index contributed by atoms with van der Waals surface area (Å²) < 4.78 is 65.3. The third-order valence-corrected chi connectivity index (χ3v) is 3.36. The third-order valence-electron chi connectivity index (χ3n) is 2.02. The number of carbonyl (C=O) groups is 1. The minimum absolute atomic E-state index is 0.0102. The maximum atomic E-state index is 12.2. The minimum Gasteiger partial charge on any atom is -0.435 e. The lowest BCUT2D eigenvalue weighted by atomic mass is 10.1. The van der Waals surface area contributed by atoms with Gasteiger partial charge in [-0.1, -0.05) is 15.9 Å². The predicted octanol–water partition coefficient (Wildman–Crippen LogP) is 4.41. The number of Topliss-reactive ketones (excluding diaryl/α,β-unsaturated/α-hetero) is 1. The van der Waals surface area contributed by atoms with E-state index in [4.69, 9.17) is 0 Å². The van der Waals surface area contributed by atoms with E-state index in [1.807, 2.05) is 0 Å². The van der Waals surface area contributed by atoms with Gasteiger partial charge in [-0.15, -0.1) is 0 Å². The van der Waals surface area contributed by atoms with Crippen LogP contribution in [0.25, 0.3) is 0 Å². The fourth-order valence-electron chi connectivity index (χ4n) is 1.36. The molecular weight excluding hydrogens is 371 g/mol. The molecule has 0 heterocycles. The number of thioether (sulfide) groups is 1. The fourth-order valence-corrected chi connectivity index (χ4v) is 2.16. The molecule has 1 rings (SSSR count). The summed E-state index contributed by atoms with van der Waals surface area (Å²) in [6.07, 6.45) is -0.292. The van der Waals surface area contributed by atoms with E-state index in [0.717, 1.165) is 18.2 Å². The van der Waals surface area contributed by atoms with Crippen LogP contribution in [0.15, 0.2) is 23.1 Å². The van der Waals surface area contributed by atoms with Gasteiger partial charge < -0.3 is 4.74 Å². The summed E-state index contributed by atoms with van der Waals surface area (Å²) in [4.78, 5) is 11.1. The lowest BCUT2D eigenvalue weighted by Crippen LogP contribution is -2.09. The van der Waals surface area contributed by atoms with Crippen molar-refractivity contribution < 1.29 is 31.5 Å². The highest BCUT2D eigenvalue weighted by molar-refractivity contribution is 9.09. The molecule has 0 spiro atoms. The second kappa shape index (κ2) is 7.26. The molecule has 0 aliphatic carbocycles. The predicted molar refractivity (Wildman–Crippen MR) is 67.5 cm³/mol. The largest absolute Gasteiger partial charge is 0.446 e. The molecule has 0 unspecified atom stereocenters. The molecule has 0 atom stereocenters. The first-order valence-corrected chi connectivity index (χ1v) is 7.06. The molecule has 1 aromatic rings. The van der Waals surface area contributed by atoms with Crippen molar-refractivity contribution in [1.82, 2.24) is 0 Å². The van der Waals surface area contributed by atoms with Gasteiger partial charge in [0.2, 0.25) is 0 Å². The molecule has 0 bridgehead atoms. The molecule has 0 saturated carbocycles. The van der Waals surface area contributed by atoms with Crippen molar-refractivity contribution in [2.75, 3.05) is 5.33 Å². The minimum atomic E-state index is -4.50. The van der Waals surface area contributed by atoms with Crippen LogP contribution in [0.3, 0.4) is 0 Å². The number of ketones is 1. The van der Waals surface area contributed by atoms with Crippen molar-refractivity contribution in [3.63, 3.8) is 0 Å². The highest BCUT2D eigenvalue weighted by atomic mass is 79.9. The molecule has 112 valence electrons. The van der Waals surface area contributed by atoms with Gasteiger partial charge in [0.25, 0.3) is 0 Å². The number of hydrogen-bond acceptors (Lipinski definition) is 3. The van der Waals surface area contributed by atoms with Crippen LogP contribution in [0.2, 0.25) is 0 Å². The SMILES string of the molecule is O=C(CBr)Cc1cc(SC(F)(F)F)ccc1OC(F)F. The first-order valence-electron chi connectivity index (χ1n) is 5.12. The van der Waals surface area contributed by atoms with Crippen LogP contribution in [0.5, 0.6) is 5.75 Å². The van der Waals surface area contributed by atoms with Crippen molar-refractivity contribution in [2.24, 2.45) is 0 Å². The van der Waals surface area contributed by atoms with E-state index in [2.05, 4.69) is 20.7 Å². The third kappa shape index (κ3) is 6.08. The molecule has 20 heavy (non-hydrogen) atoms. The number of alkyl halides is 6. The van der Waals surface area contributed by atoms with E-state index in [9.17, 15) is 26.7 Å². The molecule has 2 nitrogen and oxygen atoms in total. The van der Waals surface area contributed by atoms with E-state index in [-0.39, 0.29) is 45.5 Å². The Kier molecular flexibility index (Phi) is 6.25. The second-order valence-corrected chi connectivity index (χ2v) is 5.24. The maximum Gasteiger partial charge on any atom is 0.446 e. The Balaban J connectivity index is 3.04.